The van der Waals surface area contributed by atoms with E-state index in [1.165, 1.54) is 27.1 Å². The van der Waals surface area contributed by atoms with Gasteiger partial charge in [-0.25, -0.2) is 13.4 Å². The number of aryl methyl sites for hydroxylation is 2. The average molecular weight is 597 g/mol. The van der Waals surface area contributed by atoms with Gasteiger partial charge in [0, 0.05) is 13.1 Å². The van der Waals surface area contributed by atoms with Gasteiger partial charge in [-0.15, -0.1) is 0 Å². The van der Waals surface area contributed by atoms with E-state index < -0.39 is 15.9 Å². The molecule has 8 nitrogen and oxygen atoms in total. The van der Waals surface area contributed by atoms with Gasteiger partial charge in [0.2, 0.25) is 15.9 Å². The molecular formula is C29H29ClN4O4S2. The molecule has 1 fully saturated rings. The Morgan fingerprint density at radius 2 is 1.75 bits per heavy atom. The van der Waals surface area contributed by atoms with Crippen LogP contribution in [0.25, 0.3) is 16.6 Å². The predicted octanol–water partition coefficient (Wildman–Crippen LogP) is 5.56. The molecule has 11 heteroatoms. The van der Waals surface area contributed by atoms with Crippen LogP contribution >= 0.6 is 23.4 Å². The zero-order chi connectivity index (χ0) is 28.4. The molecule has 1 N–H and O–H groups in total. The van der Waals surface area contributed by atoms with Gasteiger partial charge in [-0.1, -0.05) is 48.0 Å². The number of piperidine rings is 1. The summed E-state index contributed by atoms with van der Waals surface area (Å²) in [5.74, 6) is -0.483. The summed E-state index contributed by atoms with van der Waals surface area (Å²) in [6, 6.07) is 17.2. The van der Waals surface area contributed by atoms with Crippen LogP contribution in [0.15, 0.2) is 75.5 Å². The molecule has 2 heterocycles. The first-order chi connectivity index (χ1) is 19.1. The van der Waals surface area contributed by atoms with E-state index in [1.807, 2.05) is 38.1 Å². The highest BCUT2D eigenvalue weighted by molar-refractivity contribution is 7.99. The van der Waals surface area contributed by atoms with Gasteiger partial charge in [0.05, 0.1) is 37.9 Å². The van der Waals surface area contributed by atoms with E-state index >= 15 is 0 Å². The number of para-hydroxylation sites is 1. The predicted molar refractivity (Wildman–Crippen MR) is 160 cm³/mol. The Bertz CT molecular complexity index is 1770. The van der Waals surface area contributed by atoms with Gasteiger partial charge in [-0.2, -0.15) is 4.31 Å². The topological polar surface area (TPSA) is 101 Å². The first kappa shape index (κ1) is 28.4. The lowest BCUT2D eigenvalue weighted by molar-refractivity contribution is -0.113. The maximum atomic E-state index is 13.5. The number of nitrogens with one attached hydrogen (secondary N) is 1. The Hall–Kier alpha value is -3.18. The van der Waals surface area contributed by atoms with E-state index in [0.717, 1.165) is 42.2 Å². The number of hydrogen-bond acceptors (Lipinski definition) is 6. The molecule has 4 aromatic rings. The molecule has 1 aliphatic heterocycles. The molecule has 0 aliphatic carbocycles. The van der Waals surface area contributed by atoms with Crippen molar-refractivity contribution in [1.29, 1.82) is 0 Å². The van der Waals surface area contributed by atoms with Crippen LogP contribution in [0, 0.1) is 13.8 Å². The highest BCUT2D eigenvalue weighted by atomic mass is 35.5. The van der Waals surface area contributed by atoms with Gasteiger partial charge in [0.1, 0.15) is 0 Å². The number of hydrogen-bond donors (Lipinski definition) is 1. The monoisotopic (exact) mass is 596 g/mol. The molecule has 0 atom stereocenters. The maximum Gasteiger partial charge on any atom is 0.266 e. The van der Waals surface area contributed by atoms with Crippen LogP contribution in [-0.2, 0) is 14.8 Å². The highest BCUT2D eigenvalue weighted by Gasteiger charge is 2.27. The number of carbonyl (C=O) groups excluding carboxylic acids is 1. The van der Waals surface area contributed by atoms with Crippen LogP contribution in [0.2, 0.25) is 5.02 Å². The Balaban J connectivity index is 1.41. The highest BCUT2D eigenvalue weighted by Crippen LogP contribution is 2.29. The van der Waals surface area contributed by atoms with E-state index in [9.17, 15) is 18.0 Å². The van der Waals surface area contributed by atoms with E-state index in [2.05, 4.69) is 5.32 Å². The molecule has 1 aromatic heterocycles. The summed E-state index contributed by atoms with van der Waals surface area (Å²) in [7, 11) is -3.69. The molecule has 208 valence electrons. The molecule has 40 heavy (non-hydrogen) atoms. The summed E-state index contributed by atoms with van der Waals surface area (Å²) in [4.78, 5) is 31.3. The second-order valence-corrected chi connectivity index (χ2v) is 13.1. The summed E-state index contributed by atoms with van der Waals surface area (Å²) in [6.07, 6.45) is 2.66. The third-order valence-electron chi connectivity index (χ3n) is 6.99. The fourth-order valence-electron chi connectivity index (χ4n) is 4.63. The van der Waals surface area contributed by atoms with Crippen molar-refractivity contribution >= 4 is 55.9 Å². The summed E-state index contributed by atoms with van der Waals surface area (Å²) in [5, 5.41) is 3.81. The molecule has 5 rings (SSSR count). The minimum absolute atomic E-state index is 0.0743. The number of rotatable bonds is 7. The third-order valence-corrected chi connectivity index (χ3v) is 10.2. The molecular weight excluding hydrogens is 568 g/mol. The maximum absolute atomic E-state index is 13.5. The normalized spacial score (nSPS) is 14.4. The minimum Gasteiger partial charge on any atom is -0.324 e. The number of fused-ring (bicyclic) bond motifs is 1. The fourth-order valence-corrected chi connectivity index (χ4v) is 7.15. The molecule has 0 unspecified atom stereocenters. The number of aromatic nitrogens is 2. The molecule has 1 amide bonds. The van der Waals surface area contributed by atoms with Crippen molar-refractivity contribution in [3.05, 3.63) is 87.2 Å². The summed E-state index contributed by atoms with van der Waals surface area (Å²) >= 11 is 7.44. The van der Waals surface area contributed by atoms with Gasteiger partial charge in [0.15, 0.2) is 5.16 Å². The van der Waals surface area contributed by atoms with Crippen molar-refractivity contribution in [2.75, 3.05) is 24.2 Å². The van der Waals surface area contributed by atoms with Crippen LogP contribution in [-0.4, -0.2) is 47.0 Å². The lowest BCUT2D eigenvalue weighted by Crippen LogP contribution is -2.35. The number of benzene rings is 3. The Morgan fingerprint density at radius 1 is 1.00 bits per heavy atom. The summed E-state index contributed by atoms with van der Waals surface area (Å²) < 4.78 is 29.2. The third kappa shape index (κ3) is 5.81. The number of halogens is 1. The van der Waals surface area contributed by atoms with Crippen molar-refractivity contribution in [3.63, 3.8) is 0 Å². The summed E-state index contributed by atoms with van der Waals surface area (Å²) in [6.45, 7) is 4.93. The first-order valence-corrected chi connectivity index (χ1v) is 15.8. The van der Waals surface area contributed by atoms with Crippen LogP contribution in [0.1, 0.15) is 30.4 Å². The van der Waals surface area contributed by atoms with Crippen molar-refractivity contribution in [2.24, 2.45) is 0 Å². The quantitative estimate of drug-likeness (QED) is 0.221. The van der Waals surface area contributed by atoms with Gasteiger partial charge >= 0.3 is 0 Å². The van der Waals surface area contributed by atoms with Crippen LogP contribution in [0.5, 0.6) is 0 Å². The Morgan fingerprint density at radius 3 is 2.50 bits per heavy atom. The molecule has 0 radical (unpaired) electrons. The number of thioether (sulfide) groups is 1. The smallest absolute Gasteiger partial charge is 0.266 e. The van der Waals surface area contributed by atoms with Crippen molar-refractivity contribution in [1.82, 2.24) is 13.9 Å². The largest absolute Gasteiger partial charge is 0.324 e. The van der Waals surface area contributed by atoms with E-state index in [-0.39, 0.29) is 26.9 Å². The molecule has 1 saturated heterocycles. The van der Waals surface area contributed by atoms with Crippen LogP contribution in [0.4, 0.5) is 5.69 Å². The molecule has 0 bridgehead atoms. The van der Waals surface area contributed by atoms with E-state index in [4.69, 9.17) is 16.6 Å². The van der Waals surface area contributed by atoms with Crippen molar-refractivity contribution < 1.29 is 13.2 Å². The van der Waals surface area contributed by atoms with Gasteiger partial charge < -0.3 is 5.32 Å². The standard InChI is InChI=1S/C29H29ClN4O4S2/c1-19-10-11-21(16-20(19)2)34-28(36)23-8-4-5-9-25(23)32-29(34)39-18-27(35)31-26-17-22(12-13-24(26)30)40(37,38)33-14-6-3-7-15-33/h4-5,8-13,16-17H,3,6-7,14-15,18H2,1-2H3,(H,31,35). The molecule has 0 spiro atoms. The van der Waals surface area contributed by atoms with E-state index in [0.29, 0.717) is 34.8 Å². The van der Waals surface area contributed by atoms with Gasteiger partial charge in [-0.05, 0) is 80.3 Å². The lowest BCUT2D eigenvalue weighted by Gasteiger charge is -2.26. The number of sulfonamides is 1. The minimum atomic E-state index is -3.69. The summed E-state index contributed by atoms with van der Waals surface area (Å²) in [5.41, 5.74) is 3.31. The first-order valence-electron chi connectivity index (χ1n) is 13.0. The SMILES string of the molecule is Cc1ccc(-n2c(SCC(=O)Nc3cc(S(=O)(=O)N4CCCCC4)ccc3Cl)nc3ccccc3c2=O)cc1C. The van der Waals surface area contributed by atoms with Gasteiger partial charge in [-0.3, -0.25) is 14.2 Å². The fraction of sp³-hybridized carbons (Fsp3) is 0.276. The average Bonchev–Trinajstić information content (AvgIpc) is 2.95. The molecule has 1 aliphatic rings. The van der Waals surface area contributed by atoms with Crippen LogP contribution in [0.3, 0.4) is 0 Å². The Kier molecular flexibility index (Phi) is 8.32. The number of nitrogens with zero attached hydrogens (tertiary/aromatic N) is 3. The zero-order valence-electron chi connectivity index (χ0n) is 22.2. The second kappa shape index (κ2) is 11.7. The number of amides is 1. The van der Waals surface area contributed by atoms with E-state index in [1.54, 1.807) is 18.2 Å². The van der Waals surface area contributed by atoms with Gasteiger partial charge in [0.25, 0.3) is 5.56 Å². The Labute approximate surface area is 242 Å². The van der Waals surface area contributed by atoms with Crippen LogP contribution < -0.4 is 10.9 Å². The second-order valence-electron chi connectivity index (χ2n) is 9.76. The molecule has 0 saturated carbocycles. The molecule has 3 aromatic carbocycles. The zero-order valence-corrected chi connectivity index (χ0v) is 24.6. The van der Waals surface area contributed by atoms with Crippen molar-refractivity contribution in [3.8, 4) is 5.69 Å². The van der Waals surface area contributed by atoms with Crippen molar-refractivity contribution in [2.45, 2.75) is 43.2 Å². The number of carbonyl (C=O) groups is 1. The lowest BCUT2D eigenvalue weighted by atomic mass is 10.1. The number of anilines is 1.